The zero-order valence-electron chi connectivity index (χ0n) is 17.4. The largest absolute Gasteiger partial charge is 0.332 e. The SMILES string of the molecule is CC(C)N(CC(=O)N(Cc1ccc(F)cc1)Cc1cccs1)C(=O)c1ccccc1F. The first-order chi connectivity index (χ1) is 14.8. The summed E-state index contributed by atoms with van der Waals surface area (Å²) >= 11 is 1.53. The lowest BCUT2D eigenvalue weighted by Gasteiger charge is -2.30. The molecule has 3 aromatic rings. The van der Waals surface area contributed by atoms with Gasteiger partial charge in [0.05, 0.1) is 12.1 Å². The molecule has 1 aromatic heterocycles. The summed E-state index contributed by atoms with van der Waals surface area (Å²) in [6.45, 7) is 4.03. The smallest absolute Gasteiger partial charge is 0.257 e. The summed E-state index contributed by atoms with van der Waals surface area (Å²) in [6.07, 6.45) is 0. The van der Waals surface area contributed by atoms with Gasteiger partial charge in [0.25, 0.3) is 5.91 Å². The van der Waals surface area contributed by atoms with Crippen molar-refractivity contribution < 1.29 is 18.4 Å². The van der Waals surface area contributed by atoms with Crippen LogP contribution in [-0.2, 0) is 17.9 Å². The monoisotopic (exact) mass is 442 g/mol. The van der Waals surface area contributed by atoms with Crippen LogP contribution in [0.5, 0.6) is 0 Å². The van der Waals surface area contributed by atoms with E-state index in [4.69, 9.17) is 0 Å². The van der Waals surface area contributed by atoms with Gasteiger partial charge in [0.2, 0.25) is 5.91 Å². The van der Waals surface area contributed by atoms with E-state index in [0.717, 1.165) is 10.4 Å². The molecule has 0 aliphatic rings. The second kappa shape index (κ2) is 10.3. The van der Waals surface area contributed by atoms with E-state index in [1.807, 2.05) is 17.5 Å². The van der Waals surface area contributed by atoms with Gasteiger partial charge in [-0.3, -0.25) is 9.59 Å². The van der Waals surface area contributed by atoms with Crippen molar-refractivity contribution in [1.29, 1.82) is 0 Å². The summed E-state index contributed by atoms with van der Waals surface area (Å²) in [4.78, 5) is 30.2. The lowest BCUT2D eigenvalue weighted by atomic mass is 10.1. The van der Waals surface area contributed by atoms with Crippen molar-refractivity contribution in [3.8, 4) is 0 Å². The zero-order chi connectivity index (χ0) is 22.4. The Balaban J connectivity index is 1.81. The van der Waals surface area contributed by atoms with Gasteiger partial charge in [-0.1, -0.05) is 30.3 Å². The minimum atomic E-state index is -0.618. The van der Waals surface area contributed by atoms with Crippen molar-refractivity contribution in [2.24, 2.45) is 0 Å². The molecular formula is C24H24F2N2O2S. The first-order valence-electron chi connectivity index (χ1n) is 9.95. The molecule has 7 heteroatoms. The number of benzene rings is 2. The molecule has 2 amide bonds. The number of carbonyl (C=O) groups excluding carboxylic acids is 2. The van der Waals surface area contributed by atoms with Crippen molar-refractivity contribution in [2.45, 2.75) is 33.0 Å². The van der Waals surface area contributed by atoms with Gasteiger partial charge in [-0.2, -0.15) is 0 Å². The summed E-state index contributed by atoms with van der Waals surface area (Å²) in [6, 6.07) is 15.3. The molecule has 0 atom stereocenters. The molecule has 0 unspecified atom stereocenters. The normalized spacial score (nSPS) is 10.9. The van der Waals surface area contributed by atoms with Gasteiger partial charge in [-0.05, 0) is 55.1 Å². The number of nitrogens with zero attached hydrogens (tertiary/aromatic N) is 2. The topological polar surface area (TPSA) is 40.6 Å². The van der Waals surface area contributed by atoms with Gasteiger partial charge < -0.3 is 9.80 Å². The molecule has 0 aliphatic carbocycles. The molecular weight excluding hydrogens is 418 g/mol. The van der Waals surface area contributed by atoms with Crippen molar-refractivity contribution in [2.75, 3.05) is 6.54 Å². The van der Waals surface area contributed by atoms with Crippen LogP contribution in [0.3, 0.4) is 0 Å². The third-order valence-electron chi connectivity index (χ3n) is 4.86. The highest BCUT2D eigenvalue weighted by atomic mass is 32.1. The number of hydrogen-bond acceptors (Lipinski definition) is 3. The fourth-order valence-corrected chi connectivity index (χ4v) is 3.88. The fraction of sp³-hybridized carbons (Fsp3) is 0.250. The predicted octanol–water partition coefficient (Wildman–Crippen LogP) is 5.11. The lowest BCUT2D eigenvalue weighted by molar-refractivity contribution is -0.133. The van der Waals surface area contributed by atoms with Gasteiger partial charge in [-0.25, -0.2) is 8.78 Å². The van der Waals surface area contributed by atoms with E-state index in [0.29, 0.717) is 6.54 Å². The highest BCUT2D eigenvalue weighted by molar-refractivity contribution is 7.09. The average molecular weight is 443 g/mol. The van der Waals surface area contributed by atoms with E-state index >= 15 is 0 Å². The number of thiophene rings is 1. The Hall–Kier alpha value is -3.06. The van der Waals surface area contributed by atoms with Crippen LogP contribution in [0.4, 0.5) is 8.78 Å². The molecule has 0 fully saturated rings. The van der Waals surface area contributed by atoms with Gasteiger partial charge in [0.1, 0.15) is 18.2 Å². The molecule has 1 heterocycles. The van der Waals surface area contributed by atoms with E-state index < -0.39 is 11.7 Å². The Bertz CT molecular complexity index is 1020. The lowest BCUT2D eigenvalue weighted by Crippen LogP contribution is -2.45. The molecule has 0 spiro atoms. The van der Waals surface area contributed by atoms with E-state index in [9.17, 15) is 18.4 Å². The summed E-state index contributed by atoms with van der Waals surface area (Å²) in [5.41, 5.74) is 0.718. The van der Waals surface area contributed by atoms with E-state index in [-0.39, 0.29) is 36.4 Å². The first-order valence-corrected chi connectivity index (χ1v) is 10.8. The summed E-state index contributed by atoms with van der Waals surface area (Å²) < 4.78 is 27.4. The second-order valence-corrected chi connectivity index (χ2v) is 8.49. The Labute approximate surface area is 184 Å². The second-order valence-electron chi connectivity index (χ2n) is 7.46. The van der Waals surface area contributed by atoms with Crippen LogP contribution in [0.15, 0.2) is 66.0 Å². The maximum atomic E-state index is 14.2. The van der Waals surface area contributed by atoms with Gasteiger partial charge >= 0.3 is 0 Å². The van der Waals surface area contributed by atoms with Crippen LogP contribution in [0.2, 0.25) is 0 Å². The van der Waals surface area contributed by atoms with E-state index in [1.54, 1.807) is 36.9 Å². The van der Waals surface area contributed by atoms with Gasteiger partial charge in [0.15, 0.2) is 0 Å². The van der Waals surface area contributed by atoms with Crippen LogP contribution in [0.1, 0.15) is 34.6 Å². The molecule has 162 valence electrons. The third-order valence-corrected chi connectivity index (χ3v) is 5.72. The maximum absolute atomic E-state index is 14.2. The standard InChI is InChI=1S/C24H24F2N2O2S/c1-17(2)28(24(30)21-7-3-4-8-22(21)26)16-23(29)27(15-20-6-5-13-31-20)14-18-9-11-19(25)12-10-18/h3-13,17H,14-16H2,1-2H3. The number of rotatable bonds is 8. The highest BCUT2D eigenvalue weighted by Crippen LogP contribution is 2.17. The average Bonchev–Trinajstić information content (AvgIpc) is 3.26. The number of amides is 2. The minimum absolute atomic E-state index is 0.0626. The Morgan fingerprint density at radius 1 is 0.935 bits per heavy atom. The molecule has 4 nitrogen and oxygen atoms in total. The molecule has 0 radical (unpaired) electrons. The molecule has 2 aromatic carbocycles. The molecule has 31 heavy (non-hydrogen) atoms. The zero-order valence-corrected chi connectivity index (χ0v) is 18.2. The first kappa shape index (κ1) is 22.6. The van der Waals surface area contributed by atoms with Crippen molar-refractivity contribution in [3.63, 3.8) is 0 Å². The van der Waals surface area contributed by atoms with E-state index in [1.165, 1.54) is 46.6 Å². The number of hydrogen-bond donors (Lipinski definition) is 0. The summed E-state index contributed by atoms with van der Waals surface area (Å²) in [5.74, 6) is -1.76. The highest BCUT2D eigenvalue weighted by Gasteiger charge is 2.26. The molecule has 0 bridgehead atoms. The Morgan fingerprint density at radius 2 is 1.65 bits per heavy atom. The van der Waals surface area contributed by atoms with Gasteiger partial charge in [0, 0.05) is 17.5 Å². The maximum Gasteiger partial charge on any atom is 0.257 e. The number of halogens is 2. The number of carbonyl (C=O) groups is 2. The Kier molecular flexibility index (Phi) is 7.52. The minimum Gasteiger partial charge on any atom is -0.332 e. The quantitative estimate of drug-likeness (QED) is 0.487. The van der Waals surface area contributed by atoms with Crippen molar-refractivity contribution in [3.05, 3.63) is 93.7 Å². The van der Waals surface area contributed by atoms with Crippen molar-refractivity contribution >= 4 is 23.2 Å². The Morgan fingerprint density at radius 3 is 2.26 bits per heavy atom. The van der Waals surface area contributed by atoms with Gasteiger partial charge in [-0.15, -0.1) is 11.3 Å². The summed E-state index contributed by atoms with van der Waals surface area (Å²) in [7, 11) is 0. The van der Waals surface area contributed by atoms with Crippen LogP contribution >= 0.6 is 11.3 Å². The third kappa shape index (κ3) is 5.98. The fourth-order valence-electron chi connectivity index (χ4n) is 3.16. The van der Waals surface area contributed by atoms with Crippen LogP contribution in [-0.4, -0.2) is 34.2 Å². The molecule has 0 saturated carbocycles. The van der Waals surface area contributed by atoms with Crippen LogP contribution < -0.4 is 0 Å². The van der Waals surface area contributed by atoms with Crippen LogP contribution in [0, 0.1) is 11.6 Å². The molecule has 0 N–H and O–H groups in total. The van der Waals surface area contributed by atoms with Crippen LogP contribution in [0.25, 0.3) is 0 Å². The summed E-state index contributed by atoms with van der Waals surface area (Å²) in [5, 5.41) is 1.93. The molecule has 0 aliphatic heterocycles. The predicted molar refractivity (Wildman–Crippen MR) is 118 cm³/mol. The van der Waals surface area contributed by atoms with Crippen molar-refractivity contribution in [1.82, 2.24) is 9.80 Å². The van der Waals surface area contributed by atoms with E-state index in [2.05, 4.69) is 0 Å². The molecule has 0 saturated heterocycles. The molecule has 3 rings (SSSR count).